The van der Waals surface area contributed by atoms with Crippen LogP contribution in [0.4, 0.5) is 5.82 Å². The quantitative estimate of drug-likeness (QED) is 0.347. The second-order valence-corrected chi connectivity index (χ2v) is 5.00. The minimum absolute atomic E-state index is 0.0229. The number of oxime groups is 1. The van der Waals surface area contributed by atoms with E-state index < -0.39 is 0 Å². The van der Waals surface area contributed by atoms with Crippen LogP contribution in [0.25, 0.3) is 0 Å². The lowest BCUT2D eigenvalue weighted by atomic mass is 10.2. The van der Waals surface area contributed by atoms with E-state index in [4.69, 9.17) is 10.9 Å². The molecule has 1 unspecified atom stereocenters. The highest BCUT2D eigenvalue weighted by Gasteiger charge is 2.26. The van der Waals surface area contributed by atoms with Crippen molar-refractivity contribution in [2.45, 2.75) is 18.9 Å². The number of nitrogens with zero attached hydrogens (tertiary/aromatic N) is 5. The Balaban J connectivity index is 2.13. The Bertz CT molecular complexity index is 444. The third kappa shape index (κ3) is 3.11. The lowest BCUT2D eigenvalue weighted by molar-refractivity contribution is 0.318. The number of hydrogen-bond donors (Lipinski definition) is 2. The molecule has 0 amide bonds. The molecule has 2 heterocycles. The predicted molar refractivity (Wildman–Crippen MR) is 73.5 cm³/mol. The van der Waals surface area contributed by atoms with Crippen LogP contribution in [0.15, 0.2) is 17.5 Å². The molecule has 104 valence electrons. The van der Waals surface area contributed by atoms with Crippen molar-refractivity contribution < 1.29 is 5.21 Å². The molecule has 0 radical (unpaired) electrons. The van der Waals surface area contributed by atoms with E-state index in [2.05, 4.69) is 39.0 Å². The Kier molecular flexibility index (Phi) is 4.16. The summed E-state index contributed by atoms with van der Waals surface area (Å²) in [5, 5.41) is 11.5. The van der Waals surface area contributed by atoms with E-state index in [1.54, 1.807) is 6.20 Å². The van der Waals surface area contributed by atoms with Gasteiger partial charge in [-0.15, -0.1) is 0 Å². The molecule has 7 nitrogen and oxygen atoms in total. The highest BCUT2D eigenvalue weighted by atomic mass is 16.4. The largest absolute Gasteiger partial charge is 0.409 e. The summed E-state index contributed by atoms with van der Waals surface area (Å²) in [6.45, 7) is 2.00. The smallest absolute Gasteiger partial charge is 0.190 e. The Morgan fingerprint density at radius 3 is 2.89 bits per heavy atom. The predicted octanol–water partition coefficient (Wildman–Crippen LogP) is 0.102. The molecule has 1 aromatic heterocycles. The van der Waals surface area contributed by atoms with Crippen molar-refractivity contribution in [3.8, 4) is 0 Å². The maximum atomic E-state index is 8.59. The van der Waals surface area contributed by atoms with E-state index in [0.29, 0.717) is 11.7 Å². The first-order chi connectivity index (χ1) is 9.11. The molecule has 2 rings (SSSR count). The van der Waals surface area contributed by atoms with Crippen molar-refractivity contribution in [1.29, 1.82) is 0 Å². The van der Waals surface area contributed by atoms with E-state index in [-0.39, 0.29) is 5.84 Å². The van der Waals surface area contributed by atoms with Gasteiger partial charge in [0, 0.05) is 19.1 Å². The molecule has 19 heavy (non-hydrogen) atoms. The zero-order chi connectivity index (χ0) is 13.8. The van der Waals surface area contributed by atoms with Crippen molar-refractivity contribution in [2.24, 2.45) is 10.9 Å². The summed E-state index contributed by atoms with van der Waals surface area (Å²) in [5.41, 5.74) is 5.85. The van der Waals surface area contributed by atoms with Crippen LogP contribution in [0.3, 0.4) is 0 Å². The van der Waals surface area contributed by atoms with Gasteiger partial charge < -0.3 is 20.7 Å². The molecule has 3 N–H and O–H groups in total. The first-order valence-corrected chi connectivity index (χ1v) is 6.33. The van der Waals surface area contributed by atoms with Gasteiger partial charge in [-0.2, -0.15) is 0 Å². The Hall–Kier alpha value is -1.89. The van der Waals surface area contributed by atoms with Crippen LogP contribution >= 0.6 is 0 Å². The molecule has 0 saturated carbocycles. The number of anilines is 1. The highest BCUT2D eigenvalue weighted by Crippen LogP contribution is 2.23. The maximum Gasteiger partial charge on any atom is 0.190 e. The Morgan fingerprint density at radius 1 is 1.53 bits per heavy atom. The molecular formula is C12H20N6O. The van der Waals surface area contributed by atoms with Crippen LogP contribution in [0, 0.1) is 0 Å². The Labute approximate surface area is 112 Å². The molecule has 0 bridgehead atoms. The van der Waals surface area contributed by atoms with Gasteiger partial charge in [0.15, 0.2) is 5.84 Å². The standard InChI is InChI=1S/C12H20N6O/c1-17(2)8-9-4-3-5-18(9)11-7-14-10(6-15-11)12(13)16-19/h6-7,9,19H,3-5,8H2,1-2H3,(H2,13,16). The monoisotopic (exact) mass is 264 g/mol. The molecule has 7 heteroatoms. The van der Waals surface area contributed by atoms with Crippen LogP contribution in [0.2, 0.25) is 0 Å². The van der Waals surface area contributed by atoms with Gasteiger partial charge in [0.05, 0.1) is 12.4 Å². The topological polar surface area (TPSA) is 90.9 Å². The third-order valence-corrected chi connectivity index (χ3v) is 3.26. The first-order valence-electron chi connectivity index (χ1n) is 6.33. The normalized spacial score (nSPS) is 20.3. The van der Waals surface area contributed by atoms with E-state index in [9.17, 15) is 0 Å². The first kappa shape index (κ1) is 13.5. The number of likely N-dealkylation sites (N-methyl/N-ethyl adjacent to an activating group) is 1. The minimum Gasteiger partial charge on any atom is -0.409 e. The van der Waals surface area contributed by atoms with Crippen molar-refractivity contribution in [1.82, 2.24) is 14.9 Å². The fourth-order valence-corrected chi connectivity index (χ4v) is 2.40. The van der Waals surface area contributed by atoms with Crippen molar-refractivity contribution in [2.75, 3.05) is 32.1 Å². The minimum atomic E-state index is -0.0229. The highest BCUT2D eigenvalue weighted by molar-refractivity contribution is 5.94. The van der Waals surface area contributed by atoms with Gasteiger partial charge >= 0.3 is 0 Å². The summed E-state index contributed by atoms with van der Waals surface area (Å²) < 4.78 is 0. The van der Waals surface area contributed by atoms with E-state index in [1.807, 2.05) is 0 Å². The molecule has 1 aromatic rings. The van der Waals surface area contributed by atoms with Crippen LogP contribution in [-0.4, -0.2) is 59.1 Å². The molecule has 0 aromatic carbocycles. The summed E-state index contributed by atoms with van der Waals surface area (Å²) >= 11 is 0. The summed E-state index contributed by atoms with van der Waals surface area (Å²) in [6.07, 6.45) is 5.56. The van der Waals surface area contributed by atoms with E-state index in [0.717, 1.165) is 18.9 Å². The van der Waals surface area contributed by atoms with E-state index >= 15 is 0 Å². The third-order valence-electron chi connectivity index (χ3n) is 3.26. The van der Waals surface area contributed by atoms with Crippen molar-refractivity contribution in [3.05, 3.63) is 18.1 Å². The van der Waals surface area contributed by atoms with E-state index in [1.165, 1.54) is 19.0 Å². The summed E-state index contributed by atoms with van der Waals surface area (Å²) in [7, 11) is 4.15. The van der Waals surface area contributed by atoms with Crippen LogP contribution in [-0.2, 0) is 0 Å². The maximum absolute atomic E-state index is 8.59. The van der Waals surface area contributed by atoms with Crippen molar-refractivity contribution >= 4 is 11.7 Å². The van der Waals surface area contributed by atoms with Crippen LogP contribution in [0.5, 0.6) is 0 Å². The van der Waals surface area contributed by atoms with Gasteiger partial charge in [0.1, 0.15) is 11.5 Å². The molecule has 1 aliphatic rings. The fourth-order valence-electron chi connectivity index (χ4n) is 2.40. The number of hydrogen-bond acceptors (Lipinski definition) is 6. The van der Waals surface area contributed by atoms with Gasteiger partial charge in [0.2, 0.25) is 0 Å². The number of amidine groups is 1. The van der Waals surface area contributed by atoms with Crippen LogP contribution < -0.4 is 10.6 Å². The van der Waals surface area contributed by atoms with Crippen molar-refractivity contribution in [3.63, 3.8) is 0 Å². The van der Waals surface area contributed by atoms with Gasteiger partial charge in [-0.25, -0.2) is 9.97 Å². The van der Waals surface area contributed by atoms with Gasteiger partial charge in [-0.05, 0) is 26.9 Å². The zero-order valence-corrected chi connectivity index (χ0v) is 11.3. The molecule has 1 fully saturated rings. The number of aromatic nitrogens is 2. The molecule has 1 atom stereocenters. The zero-order valence-electron chi connectivity index (χ0n) is 11.3. The SMILES string of the molecule is CN(C)CC1CCCN1c1cnc(C(N)=NO)cn1. The molecule has 1 saturated heterocycles. The lowest BCUT2D eigenvalue weighted by Gasteiger charge is -2.27. The molecular weight excluding hydrogens is 244 g/mol. The fraction of sp³-hybridized carbons (Fsp3) is 0.583. The van der Waals surface area contributed by atoms with Gasteiger partial charge in [-0.3, -0.25) is 0 Å². The lowest BCUT2D eigenvalue weighted by Crippen LogP contribution is -2.38. The van der Waals surface area contributed by atoms with Gasteiger partial charge in [-0.1, -0.05) is 5.16 Å². The Morgan fingerprint density at radius 2 is 2.32 bits per heavy atom. The molecule has 1 aliphatic heterocycles. The average molecular weight is 264 g/mol. The van der Waals surface area contributed by atoms with Gasteiger partial charge in [0.25, 0.3) is 0 Å². The number of rotatable bonds is 4. The molecule has 0 spiro atoms. The second-order valence-electron chi connectivity index (χ2n) is 5.00. The summed E-state index contributed by atoms with van der Waals surface area (Å²) in [5.74, 6) is 0.823. The second kappa shape index (κ2) is 5.83. The molecule has 0 aliphatic carbocycles. The number of nitrogens with two attached hydrogens (primary N) is 1. The average Bonchev–Trinajstić information content (AvgIpc) is 2.85. The summed E-state index contributed by atoms with van der Waals surface area (Å²) in [4.78, 5) is 13.0. The summed E-state index contributed by atoms with van der Waals surface area (Å²) in [6, 6.07) is 0.471. The van der Waals surface area contributed by atoms with Crippen LogP contribution in [0.1, 0.15) is 18.5 Å².